The fraction of sp³-hybridized carbons (Fsp3) is 0.143. The zero-order valence-electron chi connectivity index (χ0n) is 9.77. The van der Waals surface area contributed by atoms with Gasteiger partial charge in [-0.1, -0.05) is 29.8 Å². The standard InChI is InChI=1S/C14H13ClN2O/c15-12-6-4-11(5-7-12)9-14(18)17-10-13-3-1-2-8-16-13/h1-8H,9-10H2,(H,17,18). The van der Waals surface area contributed by atoms with Crippen molar-refractivity contribution in [3.05, 3.63) is 64.9 Å². The fourth-order valence-corrected chi connectivity index (χ4v) is 1.67. The molecule has 0 spiro atoms. The van der Waals surface area contributed by atoms with Crippen molar-refractivity contribution in [3.8, 4) is 0 Å². The first-order valence-corrected chi connectivity index (χ1v) is 6.03. The highest BCUT2D eigenvalue weighted by Crippen LogP contribution is 2.09. The molecule has 0 aliphatic heterocycles. The number of rotatable bonds is 4. The minimum atomic E-state index is -0.0250. The minimum absolute atomic E-state index is 0.0250. The quantitative estimate of drug-likeness (QED) is 0.918. The summed E-state index contributed by atoms with van der Waals surface area (Å²) < 4.78 is 0. The normalized spacial score (nSPS) is 10.1. The molecule has 18 heavy (non-hydrogen) atoms. The number of carbonyl (C=O) groups is 1. The third-order valence-electron chi connectivity index (χ3n) is 2.47. The first-order valence-electron chi connectivity index (χ1n) is 5.65. The number of hydrogen-bond acceptors (Lipinski definition) is 2. The van der Waals surface area contributed by atoms with Gasteiger partial charge in [-0.2, -0.15) is 0 Å². The van der Waals surface area contributed by atoms with Gasteiger partial charge in [-0.3, -0.25) is 9.78 Å². The maximum Gasteiger partial charge on any atom is 0.224 e. The number of nitrogens with one attached hydrogen (secondary N) is 1. The Morgan fingerprint density at radius 3 is 2.61 bits per heavy atom. The molecule has 1 aromatic carbocycles. The van der Waals surface area contributed by atoms with E-state index in [-0.39, 0.29) is 5.91 Å². The lowest BCUT2D eigenvalue weighted by Gasteiger charge is -2.04. The van der Waals surface area contributed by atoms with Crippen LogP contribution in [0.3, 0.4) is 0 Å². The Bertz CT molecular complexity index is 511. The van der Waals surface area contributed by atoms with Gasteiger partial charge in [-0.05, 0) is 29.8 Å². The molecule has 0 saturated heterocycles. The summed E-state index contributed by atoms with van der Waals surface area (Å²) in [6.45, 7) is 0.452. The highest BCUT2D eigenvalue weighted by atomic mass is 35.5. The Morgan fingerprint density at radius 1 is 1.17 bits per heavy atom. The monoisotopic (exact) mass is 260 g/mol. The van der Waals surface area contributed by atoms with Crippen LogP contribution in [0, 0.1) is 0 Å². The van der Waals surface area contributed by atoms with Gasteiger partial charge in [0.25, 0.3) is 0 Å². The van der Waals surface area contributed by atoms with Gasteiger partial charge in [-0.15, -0.1) is 0 Å². The summed E-state index contributed by atoms with van der Waals surface area (Å²) in [6, 6.07) is 12.9. The first kappa shape index (κ1) is 12.6. The van der Waals surface area contributed by atoms with E-state index in [0.717, 1.165) is 11.3 Å². The molecule has 1 amide bonds. The van der Waals surface area contributed by atoms with Crippen LogP contribution in [0.15, 0.2) is 48.7 Å². The van der Waals surface area contributed by atoms with Crippen molar-refractivity contribution in [2.75, 3.05) is 0 Å². The van der Waals surface area contributed by atoms with E-state index in [4.69, 9.17) is 11.6 Å². The van der Waals surface area contributed by atoms with Gasteiger partial charge >= 0.3 is 0 Å². The van der Waals surface area contributed by atoms with Crippen molar-refractivity contribution in [3.63, 3.8) is 0 Å². The second-order valence-electron chi connectivity index (χ2n) is 3.90. The van der Waals surface area contributed by atoms with Crippen LogP contribution in [0.5, 0.6) is 0 Å². The van der Waals surface area contributed by atoms with Gasteiger partial charge in [0.05, 0.1) is 18.7 Å². The van der Waals surface area contributed by atoms with Gasteiger partial charge in [0, 0.05) is 11.2 Å². The highest BCUT2D eigenvalue weighted by Gasteiger charge is 2.03. The largest absolute Gasteiger partial charge is 0.350 e. The van der Waals surface area contributed by atoms with E-state index >= 15 is 0 Å². The minimum Gasteiger partial charge on any atom is -0.350 e. The Kier molecular flexibility index (Phi) is 4.31. The zero-order chi connectivity index (χ0) is 12.8. The number of carbonyl (C=O) groups excluding carboxylic acids is 1. The first-order chi connectivity index (χ1) is 8.74. The van der Waals surface area contributed by atoms with Crippen molar-refractivity contribution in [2.45, 2.75) is 13.0 Å². The number of halogens is 1. The maximum atomic E-state index is 11.7. The molecule has 0 radical (unpaired) electrons. The van der Waals surface area contributed by atoms with E-state index in [1.165, 1.54) is 0 Å². The Labute approximate surface area is 111 Å². The van der Waals surface area contributed by atoms with E-state index in [1.54, 1.807) is 18.3 Å². The van der Waals surface area contributed by atoms with Crippen LogP contribution in [-0.4, -0.2) is 10.9 Å². The molecule has 1 aromatic heterocycles. The molecule has 0 atom stereocenters. The molecule has 2 rings (SSSR count). The van der Waals surface area contributed by atoms with Crippen LogP contribution in [0.1, 0.15) is 11.3 Å². The number of benzene rings is 1. The third kappa shape index (κ3) is 3.86. The van der Waals surface area contributed by atoms with E-state index in [1.807, 2.05) is 30.3 Å². The molecule has 0 fully saturated rings. The predicted molar refractivity (Wildman–Crippen MR) is 71.2 cm³/mol. The van der Waals surface area contributed by atoms with Crippen molar-refractivity contribution >= 4 is 17.5 Å². The van der Waals surface area contributed by atoms with Gasteiger partial charge in [0.1, 0.15) is 0 Å². The molecular weight excluding hydrogens is 248 g/mol. The van der Waals surface area contributed by atoms with Gasteiger partial charge < -0.3 is 5.32 Å². The van der Waals surface area contributed by atoms with Crippen LogP contribution in [-0.2, 0) is 17.8 Å². The van der Waals surface area contributed by atoms with Gasteiger partial charge in [-0.25, -0.2) is 0 Å². The van der Waals surface area contributed by atoms with Crippen LogP contribution in [0.4, 0.5) is 0 Å². The summed E-state index contributed by atoms with van der Waals surface area (Å²) in [5.74, 6) is -0.0250. The molecule has 1 heterocycles. The predicted octanol–water partition coefficient (Wildman–Crippen LogP) is 2.59. The summed E-state index contributed by atoms with van der Waals surface area (Å²) in [5, 5.41) is 3.50. The smallest absolute Gasteiger partial charge is 0.224 e. The van der Waals surface area contributed by atoms with Crippen LogP contribution < -0.4 is 5.32 Å². The zero-order valence-corrected chi connectivity index (χ0v) is 10.5. The fourth-order valence-electron chi connectivity index (χ4n) is 1.54. The van der Waals surface area contributed by atoms with Crippen molar-refractivity contribution in [2.24, 2.45) is 0 Å². The van der Waals surface area contributed by atoms with Crippen LogP contribution in [0.2, 0.25) is 5.02 Å². The van der Waals surface area contributed by atoms with Gasteiger partial charge in [0.15, 0.2) is 0 Å². The SMILES string of the molecule is O=C(Cc1ccc(Cl)cc1)NCc1ccccn1. The number of pyridine rings is 1. The molecule has 1 N–H and O–H groups in total. The Balaban J connectivity index is 1.84. The van der Waals surface area contributed by atoms with Crippen LogP contribution in [0.25, 0.3) is 0 Å². The average molecular weight is 261 g/mol. The molecule has 0 aliphatic rings. The van der Waals surface area contributed by atoms with E-state index in [0.29, 0.717) is 18.0 Å². The number of amides is 1. The second-order valence-corrected chi connectivity index (χ2v) is 4.34. The van der Waals surface area contributed by atoms with Crippen molar-refractivity contribution in [1.82, 2.24) is 10.3 Å². The lowest BCUT2D eigenvalue weighted by Crippen LogP contribution is -2.24. The summed E-state index contributed by atoms with van der Waals surface area (Å²) in [7, 11) is 0. The Morgan fingerprint density at radius 2 is 1.94 bits per heavy atom. The molecular formula is C14H13ClN2O. The van der Waals surface area contributed by atoms with E-state index < -0.39 is 0 Å². The summed E-state index contributed by atoms with van der Waals surface area (Å²) in [5.41, 5.74) is 1.79. The molecule has 0 aliphatic carbocycles. The number of nitrogens with zero attached hydrogens (tertiary/aromatic N) is 1. The Hall–Kier alpha value is -1.87. The third-order valence-corrected chi connectivity index (χ3v) is 2.72. The lowest BCUT2D eigenvalue weighted by atomic mass is 10.1. The molecule has 4 heteroatoms. The summed E-state index contributed by atoms with van der Waals surface area (Å²) in [6.07, 6.45) is 2.06. The molecule has 2 aromatic rings. The summed E-state index contributed by atoms with van der Waals surface area (Å²) in [4.78, 5) is 15.8. The highest BCUT2D eigenvalue weighted by molar-refractivity contribution is 6.30. The summed E-state index contributed by atoms with van der Waals surface area (Å²) >= 11 is 5.78. The molecule has 0 bridgehead atoms. The maximum absolute atomic E-state index is 11.7. The molecule has 0 unspecified atom stereocenters. The average Bonchev–Trinajstić information content (AvgIpc) is 2.40. The van der Waals surface area contributed by atoms with E-state index in [9.17, 15) is 4.79 Å². The molecule has 0 saturated carbocycles. The van der Waals surface area contributed by atoms with Crippen molar-refractivity contribution < 1.29 is 4.79 Å². The molecule has 3 nitrogen and oxygen atoms in total. The number of hydrogen-bond donors (Lipinski definition) is 1. The topological polar surface area (TPSA) is 42.0 Å². The van der Waals surface area contributed by atoms with E-state index in [2.05, 4.69) is 10.3 Å². The van der Waals surface area contributed by atoms with Crippen molar-refractivity contribution in [1.29, 1.82) is 0 Å². The number of aromatic nitrogens is 1. The second kappa shape index (κ2) is 6.17. The lowest BCUT2D eigenvalue weighted by molar-refractivity contribution is -0.120. The molecule has 92 valence electrons. The van der Waals surface area contributed by atoms with Gasteiger partial charge in [0.2, 0.25) is 5.91 Å². The van der Waals surface area contributed by atoms with Crippen LogP contribution >= 0.6 is 11.6 Å².